The normalized spacial score (nSPS) is 19.2. The minimum Gasteiger partial charge on any atom is -0.310 e. The first-order valence-electron chi connectivity index (χ1n) is 6.78. The molecule has 1 aliphatic rings. The lowest BCUT2D eigenvalue weighted by atomic mass is 10.0. The number of alkyl halides is 3. The van der Waals surface area contributed by atoms with E-state index < -0.39 is 11.7 Å². The third-order valence-corrected chi connectivity index (χ3v) is 3.89. The monoisotopic (exact) mass is 271 g/mol. The van der Waals surface area contributed by atoms with E-state index in [9.17, 15) is 13.2 Å². The van der Waals surface area contributed by atoms with Gasteiger partial charge in [-0.05, 0) is 55.8 Å². The topological polar surface area (TPSA) is 12.0 Å². The van der Waals surface area contributed by atoms with Gasteiger partial charge in [-0.3, -0.25) is 0 Å². The molecule has 0 amide bonds. The Morgan fingerprint density at radius 2 is 1.95 bits per heavy atom. The van der Waals surface area contributed by atoms with Crippen molar-refractivity contribution < 1.29 is 13.2 Å². The van der Waals surface area contributed by atoms with Crippen molar-refractivity contribution in [3.63, 3.8) is 0 Å². The lowest BCUT2D eigenvalue weighted by Gasteiger charge is -2.19. The van der Waals surface area contributed by atoms with Gasteiger partial charge in [0.1, 0.15) is 0 Å². The SMILES string of the molecule is CC(NCC(C)C1CC1)c1cccc(C(F)(F)F)c1. The Morgan fingerprint density at radius 1 is 1.26 bits per heavy atom. The van der Waals surface area contributed by atoms with Gasteiger partial charge in [-0.25, -0.2) is 0 Å². The summed E-state index contributed by atoms with van der Waals surface area (Å²) in [6, 6.07) is 5.51. The van der Waals surface area contributed by atoms with E-state index in [-0.39, 0.29) is 6.04 Å². The maximum atomic E-state index is 12.6. The van der Waals surface area contributed by atoms with Crippen LogP contribution in [0.25, 0.3) is 0 Å². The number of halogens is 3. The van der Waals surface area contributed by atoms with E-state index in [4.69, 9.17) is 0 Å². The van der Waals surface area contributed by atoms with E-state index in [0.717, 1.165) is 18.5 Å². The van der Waals surface area contributed by atoms with E-state index >= 15 is 0 Å². The Kier molecular flexibility index (Phi) is 4.19. The fourth-order valence-electron chi connectivity index (χ4n) is 2.30. The van der Waals surface area contributed by atoms with Gasteiger partial charge in [0.2, 0.25) is 0 Å². The van der Waals surface area contributed by atoms with Crippen LogP contribution in [0, 0.1) is 11.8 Å². The first kappa shape index (κ1) is 14.4. The molecule has 4 heteroatoms. The lowest BCUT2D eigenvalue weighted by Crippen LogP contribution is -2.25. The van der Waals surface area contributed by atoms with Crippen LogP contribution in [0.2, 0.25) is 0 Å². The van der Waals surface area contributed by atoms with E-state index in [0.29, 0.717) is 11.5 Å². The van der Waals surface area contributed by atoms with Crippen molar-refractivity contribution in [2.45, 2.75) is 38.9 Å². The van der Waals surface area contributed by atoms with Gasteiger partial charge < -0.3 is 5.32 Å². The average molecular weight is 271 g/mol. The summed E-state index contributed by atoms with van der Waals surface area (Å²) in [4.78, 5) is 0. The number of nitrogens with one attached hydrogen (secondary N) is 1. The fraction of sp³-hybridized carbons (Fsp3) is 0.600. The van der Waals surface area contributed by atoms with E-state index in [1.54, 1.807) is 6.07 Å². The summed E-state index contributed by atoms with van der Waals surface area (Å²) in [6.07, 6.45) is -1.68. The van der Waals surface area contributed by atoms with Crippen LogP contribution in [-0.4, -0.2) is 6.54 Å². The highest BCUT2D eigenvalue weighted by Crippen LogP contribution is 2.36. The number of benzene rings is 1. The summed E-state index contributed by atoms with van der Waals surface area (Å²) in [6.45, 7) is 4.97. The Labute approximate surface area is 112 Å². The van der Waals surface area contributed by atoms with Gasteiger partial charge in [0, 0.05) is 6.04 Å². The zero-order valence-electron chi connectivity index (χ0n) is 11.3. The van der Waals surface area contributed by atoms with Crippen LogP contribution in [0.4, 0.5) is 13.2 Å². The molecule has 1 N–H and O–H groups in total. The van der Waals surface area contributed by atoms with Crippen LogP contribution in [0.5, 0.6) is 0 Å². The van der Waals surface area contributed by atoms with Gasteiger partial charge in [0.25, 0.3) is 0 Å². The quantitative estimate of drug-likeness (QED) is 0.836. The molecule has 0 spiro atoms. The third-order valence-electron chi connectivity index (χ3n) is 3.89. The van der Waals surface area contributed by atoms with Crippen molar-refractivity contribution in [1.29, 1.82) is 0 Å². The molecule has 0 heterocycles. The molecule has 1 aliphatic carbocycles. The van der Waals surface area contributed by atoms with Crippen LogP contribution in [0.1, 0.15) is 43.9 Å². The summed E-state index contributed by atoms with van der Waals surface area (Å²) in [5.41, 5.74) is 0.117. The van der Waals surface area contributed by atoms with Gasteiger partial charge in [0.05, 0.1) is 5.56 Å². The fourth-order valence-corrected chi connectivity index (χ4v) is 2.30. The van der Waals surface area contributed by atoms with Crippen molar-refractivity contribution in [1.82, 2.24) is 5.32 Å². The number of rotatable bonds is 5. The van der Waals surface area contributed by atoms with Gasteiger partial charge in [-0.15, -0.1) is 0 Å². The molecular formula is C15H20F3N. The first-order chi connectivity index (χ1) is 8.88. The molecular weight excluding hydrogens is 251 g/mol. The Hall–Kier alpha value is -1.03. The molecule has 1 saturated carbocycles. The van der Waals surface area contributed by atoms with Crippen LogP contribution in [-0.2, 0) is 6.18 Å². The summed E-state index contributed by atoms with van der Waals surface area (Å²) in [5.74, 6) is 1.41. The minimum atomic E-state index is -4.27. The molecule has 2 unspecified atom stereocenters. The minimum absolute atomic E-state index is 0.0523. The van der Waals surface area contributed by atoms with Gasteiger partial charge in [-0.1, -0.05) is 19.1 Å². The van der Waals surface area contributed by atoms with Crippen molar-refractivity contribution >= 4 is 0 Å². The van der Waals surface area contributed by atoms with E-state index in [1.807, 2.05) is 6.92 Å². The Bertz CT molecular complexity index is 424. The molecule has 2 rings (SSSR count). The van der Waals surface area contributed by atoms with Crippen LogP contribution in [0.15, 0.2) is 24.3 Å². The molecule has 1 nitrogen and oxygen atoms in total. The molecule has 106 valence electrons. The van der Waals surface area contributed by atoms with E-state index in [2.05, 4.69) is 12.2 Å². The number of hydrogen-bond acceptors (Lipinski definition) is 1. The molecule has 0 radical (unpaired) electrons. The number of hydrogen-bond donors (Lipinski definition) is 1. The van der Waals surface area contributed by atoms with Gasteiger partial charge in [-0.2, -0.15) is 13.2 Å². The standard InChI is InChI=1S/C15H20F3N/c1-10(12-6-7-12)9-19-11(2)13-4-3-5-14(8-13)15(16,17)18/h3-5,8,10-12,19H,6-7,9H2,1-2H3. The highest BCUT2D eigenvalue weighted by atomic mass is 19.4. The van der Waals surface area contributed by atoms with E-state index in [1.165, 1.54) is 25.0 Å². The second-order valence-corrected chi connectivity index (χ2v) is 5.57. The highest BCUT2D eigenvalue weighted by molar-refractivity contribution is 5.27. The molecule has 2 atom stereocenters. The Morgan fingerprint density at radius 3 is 2.53 bits per heavy atom. The highest BCUT2D eigenvalue weighted by Gasteiger charge is 2.31. The molecule has 0 saturated heterocycles. The maximum Gasteiger partial charge on any atom is 0.416 e. The molecule has 0 aromatic heterocycles. The predicted molar refractivity (Wildman–Crippen MR) is 69.7 cm³/mol. The maximum absolute atomic E-state index is 12.6. The molecule has 0 bridgehead atoms. The van der Waals surface area contributed by atoms with Crippen molar-refractivity contribution in [2.24, 2.45) is 11.8 Å². The second kappa shape index (κ2) is 5.53. The molecule has 1 fully saturated rings. The summed E-state index contributed by atoms with van der Waals surface area (Å²) in [7, 11) is 0. The summed E-state index contributed by atoms with van der Waals surface area (Å²) >= 11 is 0. The predicted octanol–water partition coefficient (Wildman–Crippen LogP) is 4.40. The average Bonchev–Trinajstić information content (AvgIpc) is 3.19. The van der Waals surface area contributed by atoms with Crippen molar-refractivity contribution in [2.75, 3.05) is 6.54 Å². The van der Waals surface area contributed by atoms with Crippen LogP contribution >= 0.6 is 0 Å². The van der Waals surface area contributed by atoms with Crippen LogP contribution < -0.4 is 5.32 Å². The smallest absolute Gasteiger partial charge is 0.310 e. The summed E-state index contributed by atoms with van der Waals surface area (Å²) in [5, 5.41) is 3.33. The van der Waals surface area contributed by atoms with Gasteiger partial charge in [0.15, 0.2) is 0 Å². The summed E-state index contributed by atoms with van der Waals surface area (Å²) < 4.78 is 37.9. The van der Waals surface area contributed by atoms with Crippen LogP contribution in [0.3, 0.4) is 0 Å². The largest absolute Gasteiger partial charge is 0.416 e. The molecule has 1 aromatic carbocycles. The molecule has 0 aliphatic heterocycles. The third kappa shape index (κ3) is 3.96. The lowest BCUT2D eigenvalue weighted by molar-refractivity contribution is -0.137. The zero-order chi connectivity index (χ0) is 14.0. The van der Waals surface area contributed by atoms with Crippen molar-refractivity contribution in [3.05, 3.63) is 35.4 Å². The zero-order valence-corrected chi connectivity index (χ0v) is 11.3. The molecule has 1 aromatic rings. The van der Waals surface area contributed by atoms with Gasteiger partial charge >= 0.3 is 6.18 Å². The Balaban J connectivity index is 1.96. The first-order valence-corrected chi connectivity index (χ1v) is 6.78. The molecule has 19 heavy (non-hydrogen) atoms. The van der Waals surface area contributed by atoms with Crippen molar-refractivity contribution in [3.8, 4) is 0 Å². The second-order valence-electron chi connectivity index (χ2n) is 5.57.